The van der Waals surface area contributed by atoms with Crippen LogP contribution in [0.4, 0.5) is 13.2 Å². The second kappa shape index (κ2) is 3.52. The van der Waals surface area contributed by atoms with Gasteiger partial charge in [0.25, 0.3) is 0 Å². The van der Waals surface area contributed by atoms with Crippen molar-refractivity contribution < 1.29 is 21.6 Å². The van der Waals surface area contributed by atoms with Crippen LogP contribution in [0.2, 0.25) is 0 Å². The first-order valence-electron chi connectivity index (χ1n) is 4.01. The molecule has 1 aromatic carbocycles. The van der Waals surface area contributed by atoms with E-state index in [0.29, 0.717) is 0 Å². The van der Waals surface area contributed by atoms with E-state index in [1.165, 1.54) is 19.1 Å². The van der Waals surface area contributed by atoms with E-state index in [1.54, 1.807) is 0 Å². The fourth-order valence-corrected chi connectivity index (χ4v) is 2.60. The average Bonchev–Trinajstić information content (AvgIpc) is 1.99. The van der Waals surface area contributed by atoms with E-state index in [4.69, 9.17) is 0 Å². The Morgan fingerprint density at radius 1 is 1.20 bits per heavy atom. The molecule has 0 aliphatic carbocycles. The molecule has 0 spiro atoms. The van der Waals surface area contributed by atoms with Gasteiger partial charge in [0, 0.05) is 6.26 Å². The summed E-state index contributed by atoms with van der Waals surface area (Å²) < 4.78 is 59.9. The van der Waals surface area contributed by atoms with Crippen LogP contribution >= 0.6 is 0 Å². The van der Waals surface area contributed by atoms with Gasteiger partial charge in [0.1, 0.15) is 0 Å². The van der Waals surface area contributed by atoms with Gasteiger partial charge in [0.05, 0.1) is 10.5 Å². The molecule has 0 aliphatic heterocycles. The Morgan fingerprint density at radius 2 is 1.73 bits per heavy atom. The lowest BCUT2D eigenvalue weighted by atomic mass is 10.1. The number of rotatable bonds is 1. The van der Waals surface area contributed by atoms with E-state index in [1.807, 2.05) is 0 Å². The molecule has 0 bridgehead atoms. The monoisotopic (exact) mass is 238 g/mol. The first-order chi connectivity index (χ1) is 6.64. The second-order valence-electron chi connectivity index (χ2n) is 3.22. The molecule has 0 heterocycles. The third-order valence-electron chi connectivity index (χ3n) is 1.89. The van der Waals surface area contributed by atoms with Gasteiger partial charge in [-0.15, -0.1) is 0 Å². The molecule has 0 fully saturated rings. The van der Waals surface area contributed by atoms with E-state index < -0.39 is 26.5 Å². The molecule has 84 valence electrons. The molecule has 1 aromatic rings. The van der Waals surface area contributed by atoms with Crippen molar-refractivity contribution in [2.24, 2.45) is 0 Å². The Balaban J connectivity index is 3.63. The predicted octanol–water partition coefficient (Wildman–Crippen LogP) is 2.42. The highest BCUT2D eigenvalue weighted by atomic mass is 32.2. The van der Waals surface area contributed by atoms with Crippen molar-refractivity contribution in [1.29, 1.82) is 0 Å². The van der Waals surface area contributed by atoms with Crippen LogP contribution in [-0.2, 0) is 16.0 Å². The highest BCUT2D eigenvalue weighted by Gasteiger charge is 2.36. The van der Waals surface area contributed by atoms with E-state index in [0.717, 1.165) is 12.3 Å². The Labute approximate surface area is 85.6 Å². The summed E-state index contributed by atoms with van der Waals surface area (Å²) >= 11 is 0. The molecule has 0 aromatic heterocycles. The number of halogens is 3. The summed E-state index contributed by atoms with van der Waals surface area (Å²) in [5, 5.41) is 0. The molecule has 0 aliphatic rings. The van der Waals surface area contributed by atoms with Crippen LogP contribution in [0.25, 0.3) is 0 Å². The van der Waals surface area contributed by atoms with Crippen LogP contribution in [0.5, 0.6) is 0 Å². The average molecular weight is 238 g/mol. The van der Waals surface area contributed by atoms with Gasteiger partial charge in [0.15, 0.2) is 9.84 Å². The quantitative estimate of drug-likeness (QED) is 0.753. The highest BCUT2D eigenvalue weighted by Crippen LogP contribution is 2.35. The fourth-order valence-electron chi connectivity index (χ4n) is 1.37. The van der Waals surface area contributed by atoms with Crippen LogP contribution in [-0.4, -0.2) is 14.7 Å². The predicted molar refractivity (Wildman–Crippen MR) is 49.3 cm³/mol. The third-order valence-corrected chi connectivity index (χ3v) is 3.17. The molecular weight excluding hydrogens is 229 g/mol. The molecule has 0 unspecified atom stereocenters. The number of hydrogen-bond donors (Lipinski definition) is 0. The third kappa shape index (κ3) is 2.50. The fraction of sp³-hybridized carbons (Fsp3) is 0.333. The van der Waals surface area contributed by atoms with Crippen LogP contribution in [0.1, 0.15) is 11.1 Å². The molecule has 2 nitrogen and oxygen atoms in total. The van der Waals surface area contributed by atoms with Gasteiger partial charge in [-0.3, -0.25) is 0 Å². The van der Waals surface area contributed by atoms with Gasteiger partial charge >= 0.3 is 6.18 Å². The zero-order valence-electron chi connectivity index (χ0n) is 8.09. The minimum Gasteiger partial charge on any atom is -0.224 e. The molecule has 1 rings (SSSR count). The van der Waals surface area contributed by atoms with Crippen molar-refractivity contribution in [3.8, 4) is 0 Å². The van der Waals surface area contributed by atoms with Gasteiger partial charge in [-0.2, -0.15) is 13.2 Å². The lowest BCUT2D eigenvalue weighted by molar-refractivity contribution is -0.139. The number of benzene rings is 1. The molecule has 15 heavy (non-hydrogen) atoms. The number of alkyl halides is 3. The van der Waals surface area contributed by atoms with E-state index in [2.05, 4.69) is 0 Å². The Bertz CT molecular complexity index is 475. The summed E-state index contributed by atoms with van der Waals surface area (Å²) in [5.74, 6) is 0. The Kier molecular flexibility index (Phi) is 2.82. The maximum absolute atomic E-state index is 12.5. The molecule has 0 amide bonds. The van der Waals surface area contributed by atoms with Crippen molar-refractivity contribution in [2.45, 2.75) is 18.0 Å². The summed E-state index contributed by atoms with van der Waals surface area (Å²) in [5.41, 5.74) is -1.00. The lowest BCUT2D eigenvalue weighted by Crippen LogP contribution is -2.13. The maximum Gasteiger partial charge on any atom is 0.417 e. The number of hydrogen-bond acceptors (Lipinski definition) is 2. The minimum atomic E-state index is -4.65. The highest BCUT2D eigenvalue weighted by molar-refractivity contribution is 7.90. The number of aryl methyl sites for hydroxylation is 1. The molecule has 0 N–H and O–H groups in total. The number of sulfone groups is 1. The second-order valence-corrected chi connectivity index (χ2v) is 5.17. The molecule has 0 saturated heterocycles. The lowest BCUT2D eigenvalue weighted by Gasteiger charge is -2.13. The zero-order chi connectivity index (χ0) is 11.9. The van der Waals surface area contributed by atoms with Crippen LogP contribution in [0, 0.1) is 6.92 Å². The van der Waals surface area contributed by atoms with E-state index in [-0.39, 0.29) is 5.56 Å². The SMILES string of the molecule is Cc1cccc(C(F)(F)F)c1S(C)(=O)=O. The summed E-state index contributed by atoms with van der Waals surface area (Å²) in [4.78, 5) is -0.641. The van der Waals surface area contributed by atoms with E-state index in [9.17, 15) is 21.6 Å². The van der Waals surface area contributed by atoms with Crippen molar-refractivity contribution in [1.82, 2.24) is 0 Å². The van der Waals surface area contributed by atoms with Gasteiger partial charge < -0.3 is 0 Å². The molecule has 0 saturated carbocycles. The van der Waals surface area contributed by atoms with Crippen molar-refractivity contribution in [3.05, 3.63) is 29.3 Å². The Hall–Kier alpha value is -1.04. The van der Waals surface area contributed by atoms with Gasteiger partial charge in [-0.25, -0.2) is 8.42 Å². The normalized spacial score (nSPS) is 12.9. The summed E-state index contributed by atoms with van der Waals surface area (Å²) in [7, 11) is -3.87. The largest absolute Gasteiger partial charge is 0.417 e. The molecule has 0 atom stereocenters. The van der Waals surface area contributed by atoms with Crippen molar-refractivity contribution in [3.63, 3.8) is 0 Å². The summed E-state index contributed by atoms with van der Waals surface area (Å²) in [6, 6.07) is 3.29. The van der Waals surface area contributed by atoms with Crippen molar-refractivity contribution in [2.75, 3.05) is 6.26 Å². The minimum absolute atomic E-state index is 0.104. The smallest absolute Gasteiger partial charge is 0.224 e. The zero-order valence-corrected chi connectivity index (χ0v) is 8.91. The molecular formula is C9H9F3O2S. The topological polar surface area (TPSA) is 34.1 Å². The standard InChI is InChI=1S/C9H9F3O2S/c1-6-4-3-5-7(9(10,11)12)8(6)15(2,13)14/h3-5H,1-2H3. The van der Waals surface area contributed by atoms with Gasteiger partial charge in [-0.1, -0.05) is 12.1 Å². The molecule has 0 radical (unpaired) electrons. The van der Waals surface area contributed by atoms with E-state index >= 15 is 0 Å². The summed E-state index contributed by atoms with van der Waals surface area (Å²) in [6.07, 6.45) is -3.88. The first-order valence-corrected chi connectivity index (χ1v) is 5.90. The van der Waals surface area contributed by atoms with Gasteiger partial charge in [-0.05, 0) is 18.6 Å². The van der Waals surface area contributed by atoms with Crippen LogP contribution < -0.4 is 0 Å². The maximum atomic E-state index is 12.5. The van der Waals surface area contributed by atoms with Gasteiger partial charge in [0.2, 0.25) is 0 Å². The summed E-state index contributed by atoms with van der Waals surface area (Å²) in [6.45, 7) is 1.34. The van der Waals surface area contributed by atoms with Crippen LogP contribution in [0.15, 0.2) is 23.1 Å². The Morgan fingerprint density at radius 3 is 2.07 bits per heavy atom. The molecule has 6 heteroatoms. The van der Waals surface area contributed by atoms with Crippen LogP contribution in [0.3, 0.4) is 0 Å². The van der Waals surface area contributed by atoms with Crippen molar-refractivity contribution >= 4 is 9.84 Å². The first kappa shape index (κ1) is 12.0.